The molecule has 0 spiro atoms. The van der Waals surface area contributed by atoms with Crippen LogP contribution in [0.3, 0.4) is 0 Å². The summed E-state index contributed by atoms with van der Waals surface area (Å²) in [5.74, 6) is -0.279. The Kier molecular flexibility index (Phi) is 4.08. The summed E-state index contributed by atoms with van der Waals surface area (Å²) in [6.45, 7) is 5.97. The third-order valence-electron chi connectivity index (χ3n) is 2.94. The van der Waals surface area contributed by atoms with Crippen LogP contribution in [0.4, 0.5) is 0 Å². The van der Waals surface area contributed by atoms with E-state index in [9.17, 15) is 9.59 Å². The molecule has 1 N–H and O–H groups in total. The Morgan fingerprint density at radius 3 is 2.65 bits per heavy atom. The highest BCUT2D eigenvalue weighted by atomic mass is 32.1. The predicted molar refractivity (Wildman–Crippen MR) is 77.0 cm³/mol. The number of aliphatic carboxylic acids is 1. The van der Waals surface area contributed by atoms with Gasteiger partial charge in [-0.1, -0.05) is 13.8 Å². The van der Waals surface area contributed by atoms with E-state index in [2.05, 4.69) is 5.10 Å². The lowest BCUT2D eigenvalue weighted by Crippen LogP contribution is -2.31. The number of nitrogens with zero attached hydrogens (tertiary/aromatic N) is 3. The maximum Gasteiger partial charge on any atom is 0.347 e. The predicted octanol–water partition coefficient (Wildman–Crippen LogP) is 2.07. The van der Waals surface area contributed by atoms with Crippen molar-refractivity contribution in [2.24, 2.45) is 5.92 Å². The van der Waals surface area contributed by atoms with Gasteiger partial charge in [-0.05, 0) is 24.3 Å². The summed E-state index contributed by atoms with van der Waals surface area (Å²) in [5.41, 5.74) is 0.457. The summed E-state index contributed by atoms with van der Waals surface area (Å²) in [5, 5.41) is 17.1. The zero-order valence-electron chi connectivity index (χ0n) is 11.6. The van der Waals surface area contributed by atoms with Gasteiger partial charge in [-0.3, -0.25) is 4.57 Å². The van der Waals surface area contributed by atoms with Crippen molar-refractivity contribution in [3.63, 3.8) is 0 Å². The van der Waals surface area contributed by atoms with Crippen molar-refractivity contribution in [3.05, 3.63) is 27.3 Å². The standard InChI is InChI=1S/C13H17N3O3S/c1-8(2)6-15-11(10-4-5-20-7-10)14-16(13(15)19)9(3)12(17)18/h4-5,7-9H,6H2,1-3H3,(H,17,18). The zero-order chi connectivity index (χ0) is 14.9. The molecule has 0 saturated carbocycles. The highest BCUT2D eigenvalue weighted by Crippen LogP contribution is 2.20. The minimum Gasteiger partial charge on any atom is -0.480 e. The lowest BCUT2D eigenvalue weighted by molar-refractivity contribution is -0.140. The molecule has 2 aromatic rings. The number of aromatic nitrogens is 3. The molecule has 108 valence electrons. The van der Waals surface area contributed by atoms with E-state index in [-0.39, 0.29) is 11.6 Å². The molecule has 0 aliphatic heterocycles. The molecular weight excluding hydrogens is 278 g/mol. The third kappa shape index (κ3) is 2.67. The fraction of sp³-hybridized carbons (Fsp3) is 0.462. The number of thiophene rings is 1. The largest absolute Gasteiger partial charge is 0.480 e. The maximum atomic E-state index is 12.4. The van der Waals surface area contributed by atoms with Gasteiger partial charge in [0.1, 0.15) is 0 Å². The molecule has 0 saturated heterocycles. The van der Waals surface area contributed by atoms with Crippen molar-refractivity contribution in [1.82, 2.24) is 14.3 Å². The fourth-order valence-electron chi connectivity index (χ4n) is 1.90. The van der Waals surface area contributed by atoms with Gasteiger partial charge in [0.2, 0.25) is 0 Å². The van der Waals surface area contributed by atoms with Crippen molar-refractivity contribution in [3.8, 4) is 11.4 Å². The molecular formula is C13H17N3O3S. The minimum atomic E-state index is -1.07. The van der Waals surface area contributed by atoms with Crippen LogP contribution in [-0.2, 0) is 11.3 Å². The minimum absolute atomic E-state index is 0.267. The van der Waals surface area contributed by atoms with Gasteiger partial charge in [-0.25, -0.2) is 9.59 Å². The topological polar surface area (TPSA) is 77.1 Å². The molecule has 0 aliphatic rings. The van der Waals surface area contributed by atoms with E-state index in [4.69, 9.17) is 5.11 Å². The maximum absolute atomic E-state index is 12.4. The molecule has 2 heterocycles. The van der Waals surface area contributed by atoms with Crippen LogP contribution in [0.2, 0.25) is 0 Å². The Morgan fingerprint density at radius 1 is 1.45 bits per heavy atom. The number of hydrogen-bond donors (Lipinski definition) is 1. The Hall–Kier alpha value is -1.89. The molecule has 2 rings (SSSR count). The van der Waals surface area contributed by atoms with Gasteiger partial charge in [0.25, 0.3) is 0 Å². The van der Waals surface area contributed by atoms with Crippen LogP contribution in [0.5, 0.6) is 0 Å². The van der Waals surface area contributed by atoms with E-state index >= 15 is 0 Å². The molecule has 20 heavy (non-hydrogen) atoms. The van der Waals surface area contributed by atoms with Crippen LogP contribution in [0, 0.1) is 5.92 Å². The van der Waals surface area contributed by atoms with Gasteiger partial charge < -0.3 is 5.11 Å². The number of rotatable bonds is 5. The lowest BCUT2D eigenvalue weighted by Gasteiger charge is -2.07. The second-order valence-electron chi connectivity index (χ2n) is 5.08. The molecule has 1 atom stereocenters. The van der Waals surface area contributed by atoms with E-state index in [1.807, 2.05) is 30.7 Å². The summed E-state index contributed by atoms with van der Waals surface area (Å²) in [4.78, 5) is 23.4. The second kappa shape index (κ2) is 5.62. The van der Waals surface area contributed by atoms with Gasteiger partial charge in [0, 0.05) is 17.5 Å². The monoisotopic (exact) mass is 295 g/mol. The first-order chi connectivity index (χ1) is 9.41. The normalized spacial score (nSPS) is 12.8. The number of hydrogen-bond acceptors (Lipinski definition) is 4. The summed E-state index contributed by atoms with van der Waals surface area (Å²) in [6.07, 6.45) is 0. The zero-order valence-corrected chi connectivity index (χ0v) is 12.4. The Balaban J connectivity index is 2.58. The lowest BCUT2D eigenvalue weighted by atomic mass is 10.2. The first kappa shape index (κ1) is 14.5. The summed E-state index contributed by atoms with van der Waals surface area (Å²) >= 11 is 1.51. The Bertz CT molecular complexity index is 655. The summed E-state index contributed by atoms with van der Waals surface area (Å²) in [7, 11) is 0. The average molecular weight is 295 g/mol. The fourth-order valence-corrected chi connectivity index (χ4v) is 2.54. The molecule has 0 fully saturated rings. The number of carbonyl (C=O) groups is 1. The summed E-state index contributed by atoms with van der Waals surface area (Å²) < 4.78 is 2.59. The van der Waals surface area contributed by atoms with Crippen LogP contribution < -0.4 is 5.69 Å². The van der Waals surface area contributed by atoms with Crippen molar-refractivity contribution >= 4 is 17.3 Å². The van der Waals surface area contributed by atoms with E-state index in [0.717, 1.165) is 10.2 Å². The number of carboxylic acid groups (broad SMARTS) is 1. The van der Waals surface area contributed by atoms with Crippen LogP contribution in [0.25, 0.3) is 11.4 Å². The molecule has 7 heteroatoms. The van der Waals surface area contributed by atoms with E-state index in [1.165, 1.54) is 18.3 Å². The van der Waals surface area contributed by atoms with Crippen molar-refractivity contribution in [1.29, 1.82) is 0 Å². The van der Waals surface area contributed by atoms with E-state index < -0.39 is 12.0 Å². The smallest absolute Gasteiger partial charge is 0.347 e. The quantitative estimate of drug-likeness (QED) is 0.916. The average Bonchev–Trinajstić information content (AvgIpc) is 2.98. The molecule has 0 aromatic carbocycles. The molecule has 6 nitrogen and oxygen atoms in total. The first-order valence-electron chi connectivity index (χ1n) is 6.36. The van der Waals surface area contributed by atoms with Crippen LogP contribution in [0.1, 0.15) is 26.8 Å². The van der Waals surface area contributed by atoms with Gasteiger partial charge in [0.05, 0.1) is 0 Å². The second-order valence-corrected chi connectivity index (χ2v) is 5.86. The van der Waals surface area contributed by atoms with Gasteiger partial charge in [-0.15, -0.1) is 5.10 Å². The van der Waals surface area contributed by atoms with Crippen LogP contribution in [-0.4, -0.2) is 25.4 Å². The molecule has 0 aliphatic carbocycles. The Labute approximate surface area is 120 Å². The molecule has 1 unspecified atom stereocenters. The van der Waals surface area contributed by atoms with E-state index in [1.54, 1.807) is 4.57 Å². The number of carboxylic acids is 1. The first-order valence-corrected chi connectivity index (χ1v) is 7.30. The van der Waals surface area contributed by atoms with Crippen molar-refractivity contribution in [2.45, 2.75) is 33.4 Å². The van der Waals surface area contributed by atoms with Gasteiger partial charge >= 0.3 is 11.7 Å². The van der Waals surface area contributed by atoms with Gasteiger partial charge in [-0.2, -0.15) is 16.0 Å². The molecule has 2 aromatic heterocycles. The highest BCUT2D eigenvalue weighted by Gasteiger charge is 2.23. The van der Waals surface area contributed by atoms with Crippen LogP contribution in [0.15, 0.2) is 21.6 Å². The van der Waals surface area contributed by atoms with Gasteiger partial charge in [0.15, 0.2) is 11.9 Å². The molecule has 0 amide bonds. The van der Waals surface area contributed by atoms with Crippen LogP contribution >= 0.6 is 11.3 Å². The molecule has 0 radical (unpaired) electrons. The third-order valence-corrected chi connectivity index (χ3v) is 3.62. The SMILES string of the molecule is CC(C)Cn1c(-c2ccsc2)nn(C(C)C(=O)O)c1=O. The molecule has 0 bridgehead atoms. The van der Waals surface area contributed by atoms with Crippen molar-refractivity contribution in [2.75, 3.05) is 0 Å². The summed E-state index contributed by atoms with van der Waals surface area (Å²) in [6, 6.07) is 0.896. The van der Waals surface area contributed by atoms with E-state index in [0.29, 0.717) is 12.4 Å². The Morgan fingerprint density at radius 2 is 2.15 bits per heavy atom. The highest BCUT2D eigenvalue weighted by molar-refractivity contribution is 7.08. The van der Waals surface area contributed by atoms with Crippen molar-refractivity contribution < 1.29 is 9.90 Å².